The Morgan fingerprint density at radius 3 is 1.90 bits per heavy atom. The maximum Gasteiger partial charge on any atom is 0.490 e. The van der Waals surface area contributed by atoms with E-state index in [2.05, 4.69) is 10.6 Å². The maximum atomic E-state index is 12.3. The normalized spacial score (nSPS) is 11.8. The molecule has 13 nitrogen and oxygen atoms in total. The smallest absolute Gasteiger partial charge is 0.480 e. The van der Waals surface area contributed by atoms with E-state index in [1.165, 1.54) is 48.5 Å². The van der Waals surface area contributed by atoms with Crippen molar-refractivity contribution in [2.45, 2.75) is 23.5 Å². The second-order valence-electron chi connectivity index (χ2n) is 7.43. The van der Waals surface area contributed by atoms with E-state index in [9.17, 15) is 41.1 Å². The number of benzene rings is 2. The fourth-order valence-electron chi connectivity index (χ4n) is 2.53. The lowest BCUT2D eigenvalue weighted by atomic mass is 10.1. The minimum Gasteiger partial charge on any atom is -0.480 e. The summed E-state index contributed by atoms with van der Waals surface area (Å²) < 4.78 is 58.3. The van der Waals surface area contributed by atoms with Crippen molar-refractivity contribution in [2.75, 3.05) is 13.1 Å². The predicted molar refractivity (Wildman–Crippen MR) is 129 cm³/mol. The molecule has 0 radical (unpaired) electrons. The van der Waals surface area contributed by atoms with Gasteiger partial charge in [-0.25, -0.2) is 13.2 Å². The Bertz CT molecular complexity index is 1290. The average molecular weight is 576 g/mol. The van der Waals surface area contributed by atoms with E-state index in [0.29, 0.717) is 11.1 Å². The minimum atomic E-state index is -5.08. The summed E-state index contributed by atoms with van der Waals surface area (Å²) >= 11 is 0. The van der Waals surface area contributed by atoms with Crippen LogP contribution in [-0.4, -0.2) is 73.5 Å². The molecular formula is C22H24F3N5O8S. The first-order valence-electron chi connectivity index (χ1n) is 10.6. The van der Waals surface area contributed by atoms with E-state index < -0.39 is 52.5 Å². The average Bonchev–Trinajstić information content (AvgIpc) is 2.86. The number of hydrogen-bond acceptors (Lipinski definition) is 7. The monoisotopic (exact) mass is 575 g/mol. The van der Waals surface area contributed by atoms with Crippen LogP contribution in [0.15, 0.2) is 59.5 Å². The van der Waals surface area contributed by atoms with Gasteiger partial charge in [0, 0.05) is 30.6 Å². The van der Waals surface area contributed by atoms with E-state index in [4.69, 9.17) is 21.0 Å². The molecule has 0 aromatic heterocycles. The Hall–Kier alpha value is -4.51. The first-order valence-corrected chi connectivity index (χ1v) is 12.1. The van der Waals surface area contributed by atoms with Crippen molar-refractivity contribution >= 4 is 39.6 Å². The summed E-state index contributed by atoms with van der Waals surface area (Å²) in [5.41, 5.74) is 6.13. The van der Waals surface area contributed by atoms with Gasteiger partial charge in [0.05, 0.1) is 4.90 Å². The molecule has 0 fully saturated rings. The summed E-state index contributed by atoms with van der Waals surface area (Å²) in [5, 5.41) is 28.6. The lowest BCUT2D eigenvalue weighted by molar-refractivity contribution is -0.192. The van der Waals surface area contributed by atoms with Gasteiger partial charge in [0.15, 0.2) is 0 Å². The lowest BCUT2D eigenvalue weighted by Gasteiger charge is -2.15. The summed E-state index contributed by atoms with van der Waals surface area (Å²) in [4.78, 5) is 44.2. The molecule has 2 aromatic rings. The van der Waals surface area contributed by atoms with Gasteiger partial charge in [0.1, 0.15) is 11.9 Å². The number of carboxylic acid groups (broad SMARTS) is 2. The molecule has 212 valence electrons. The van der Waals surface area contributed by atoms with Gasteiger partial charge in [-0.05, 0) is 24.3 Å². The first-order chi connectivity index (χ1) is 18.0. The molecule has 2 aromatic carbocycles. The van der Waals surface area contributed by atoms with Crippen molar-refractivity contribution in [3.8, 4) is 0 Å². The van der Waals surface area contributed by atoms with Crippen molar-refractivity contribution in [1.82, 2.24) is 15.4 Å². The zero-order chi connectivity index (χ0) is 29.8. The molecule has 8 N–H and O–H groups in total. The van der Waals surface area contributed by atoms with Crippen molar-refractivity contribution in [3.63, 3.8) is 0 Å². The number of alkyl halides is 3. The van der Waals surface area contributed by atoms with Crippen LogP contribution in [0.2, 0.25) is 0 Å². The third-order valence-corrected chi connectivity index (χ3v) is 5.98. The number of sulfonamides is 1. The van der Waals surface area contributed by atoms with Crippen molar-refractivity contribution in [2.24, 2.45) is 5.73 Å². The van der Waals surface area contributed by atoms with Crippen LogP contribution in [0, 0.1) is 5.41 Å². The third-order valence-electron chi connectivity index (χ3n) is 4.49. The molecule has 2 amide bonds. The van der Waals surface area contributed by atoms with Crippen LogP contribution < -0.4 is 21.1 Å². The van der Waals surface area contributed by atoms with E-state index in [1.54, 1.807) is 6.07 Å². The standard InChI is InChI=1S/C20H23N5O6S.C2HF3O2/c21-18(22)13-6-8-14(9-7-13)19(27)23-11-10-17(26)24-12-16(20(28)29)25-32(30,31)15-4-2-1-3-5-15;3-2(4,5)1(6)7/h1-9,16,25H,10-12H2,(H3,21,22)(H,23,27)(H,24,26)(H,28,29);(H,6,7)/t16-;/m0./s1. The number of carboxylic acids is 2. The van der Waals surface area contributed by atoms with Gasteiger partial charge >= 0.3 is 18.1 Å². The Kier molecular flexibility index (Phi) is 12.0. The quantitative estimate of drug-likeness (QED) is 0.144. The molecule has 0 aliphatic heterocycles. The number of carbonyl (C=O) groups excluding carboxylic acids is 2. The molecular weight excluding hydrogens is 551 g/mol. The fraction of sp³-hybridized carbons (Fsp3) is 0.227. The van der Waals surface area contributed by atoms with E-state index in [-0.39, 0.29) is 23.7 Å². The Labute approximate surface area is 219 Å². The second kappa shape index (κ2) is 14.4. The first kappa shape index (κ1) is 32.5. The number of amides is 2. The number of hydrogen-bond donors (Lipinski definition) is 7. The molecule has 0 spiro atoms. The highest BCUT2D eigenvalue weighted by atomic mass is 32.2. The number of nitrogens with two attached hydrogens (primary N) is 1. The topological polar surface area (TPSA) is 229 Å². The maximum absolute atomic E-state index is 12.3. The van der Waals surface area contributed by atoms with E-state index in [1.807, 2.05) is 4.72 Å². The molecule has 17 heteroatoms. The minimum absolute atomic E-state index is 0.0212. The molecule has 39 heavy (non-hydrogen) atoms. The molecule has 2 rings (SSSR count). The van der Waals surface area contributed by atoms with Crippen LogP contribution in [-0.2, 0) is 24.4 Å². The fourth-order valence-corrected chi connectivity index (χ4v) is 3.74. The number of nitrogens with one attached hydrogen (secondary N) is 4. The van der Waals surface area contributed by atoms with Crippen LogP contribution in [0.5, 0.6) is 0 Å². The molecule has 0 saturated carbocycles. The molecule has 0 heterocycles. The van der Waals surface area contributed by atoms with E-state index in [0.717, 1.165) is 0 Å². The van der Waals surface area contributed by atoms with Crippen molar-refractivity contribution in [1.29, 1.82) is 5.41 Å². The summed E-state index contributed by atoms with van der Waals surface area (Å²) in [5.74, 6) is -5.34. The Balaban J connectivity index is 0.000000956. The van der Waals surface area contributed by atoms with Crippen LogP contribution in [0.3, 0.4) is 0 Å². The third kappa shape index (κ3) is 11.6. The summed E-state index contributed by atoms with van der Waals surface area (Å²) in [6.07, 6.45) is -5.23. The van der Waals surface area contributed by atoms with Gasteiger partial charge in [0.2, 0.25) is 15.9 Å². The highest BCUT2D eigenvalue weighted by Crippen LogP contribution is 2.13. The van der Waals surface area contributed by atoms with Gasteiger partial charge < -0.3 is 26.6 Å². The number of carbonyl (C=O) groups is 4. The number of rotatable bonds is 11. The summed E-state index contributed by atoms with van der Waals surface area (Å²) in [6.45, 7) is -0.493. The summed E-state index contributed by atoms with van der Waals surface area (Å²) in [7, 11) is -4.08. The van der Waals surface area contributed by atoms with Crippen molar-refractivity contribution < 1.29 is 51.0 Å². The molecule has 0 unspecified atom stereocenters. The van der Waals surface area contributed by atoms with Gasteiger partial charge in [-0.1, -0.05) is 30.3 Å². The van der Waals surface area contributed by atoms with Gasteiger partial charge in [0.25, 0.3) is 5.91 Å². The molecule has 1 atom stereocenters. The number of halogens is 3. The highest BCUT2D eigenvalue weighted by molar-refractivity contribution is 7.89. The second-order valence-corrected chi connectivity index (χ2v) is 9.14. The predicted octanol–water partition coefficient (Wildman–Crippen LogP) is 0.272. The van der Waals surface area contributed by atoms with Crippen LogP contribution >= 0.6 is 0 Å². The number of nitrogen functional groups attached to an aromatic ring is 1. The van der Waals surface area contributed by atoms with Crippen molar-refractivity contribution in [3.05, 3.63) is 65.7 Å². The molecule has 0 aliphatic carbocycles. The molecule has 0 bridgehead atoms. The molecule has 0 saturated heterocycles. The Morgan fingerprint density at radius 2 is 1.44 bits per heavy atom. The van der Waals surface area contributed by atoms with Crippen LogP contribution in [0.1, 0.15) is 22.3 Å². The zero-order valence-corrected chi connectivity index (χ0v) is 20.7. The van der Waals surface area contributed by atoms with Gasteiger partial charge in [-0.3, -0.25) is 19.8 Å². The highest BCUT2D eigenvalue weighted by Gasteiger charge is 2.38. The lowest BCUT2D eigenvalue weighted by Crippen LogP contribution is -2.48. The summed E-state index contributed by atoms with van der Waals surface area (Å²) in [6, 6.07) is 11.7. The number of amidine groups is 1. The zero-order valence-electron chi connectivity index (χ0n) is 19.9. The largest absolute Gasteiger partial charge is 0.490 e. The van der Waals surface area contributed by atoms with Crippen LogP contribution in [0.4, 0.5) is 13.2 Å². The van der Waals surface area contributed by atoms with Gasteiger partial charge in [-0.2, -0.15) is 17.9 Å². The SMILES string of the molecule is N=C(N)c1ccc(C(=O)NCCC(=O)NC[C@H](NS(=O)(=O)c2ccccc2)C(=O)O)cc1.O=C(O)C(F)(F)F. The van der Waals surface area contributed by atoms with E-state index >= 15 is 0 Å². The Morgan fingerprint density at radius 1 is 0.923 bits per heavy atom. The molecule has 0 aliphatic rings. The van der Waals surface area contributed by atoms with Gasteiger partial charge in [-0.15, -0.1) is 0 Å². The van der Waals surface area contributed by atoms with Crippen LogP contribution in [0.25, 0.3) is 0 Å². The number of aliphatic carboxylic acids is 2.